The van der Waals surface area contributed by atoms with E-state index in [1.54, 1.807) is 0 Å². The van der Waals surface area contributed by atoms with Crippen molar-refractivity contribution in [2.24, 2.45) is 0 Å². The number of halogens is 10. The molecule has 126 valence electrons. The average Bonchev–Trinajstić information content (AvgIpc) is 2.09. The third kappa shape index (κ3) is 8.33. The van der Waals surface area contributed by atoms with Gasteiger partial charge >= 0.3 is 27.7 Å². The maximum Gasteiger partial charge on any atom is 0.525 e. The summed E-state index contributed by atoms with van der Waals surface area (Å²) in [5.41, 5.74) is 0. The van der Waals surface area contributed by atoms with Gasteiger partial charge in [0.05, 0.1) is 0 Å². The van der Waals surface area contributed by atoms with Crippen LogP contribution in [0.4, 0.5) is 26.3 Å². The van der Waals surface area contributed by atoms with Gasteiger partial charge < -0.3 is 5.11 Å². The van der Waals surface area contributed by atoms with E-state index in [0.29, 0.717) is 0 Å². The second kappa shape index (κ2) is 6.69. The lowest BCUT2D eigenvalue weighted by Crippen LogP contribution is -2.50. The molecular formula is C6H2Cl4F6O5. The molecule has 0 aliphatic rings. The number of ether oxygens (including phenoxy) is 3. The molecule has 15 heteroatoms. The minimum atomic E-state index is -5.84. The Morgan fingerprint density at radius 2 is 1.38 bits per heavy atom. The molecule has 2 atom stereocenters. The van der Waals surface area contributed by atoms with Gasteiger partial charge in [-0.3, -0.25) is 14.2 Å². The number of carboxylic acids is 1. The number of rotatable bonds is 5. The van der Waals surface area contributed by atoms with E-state index in [2.05, 4.69) is 14.2 Å². The van der Waals surface area contributed by atoms with Crippen molar-refractivity contribution in [3.63, 3.8) is 0 Å². The fourth-order valence-electron chi connectivity index (χ4n) is 0.684. The minimum Gasteiger partial charge on any atom is -0.476 e. The first-order chi connectivity index (χ1) is 8.96. The van der Waals surface area contributed by atoms with Crippen LogP contribution in [0, 0.1) is 0 Å². The number of alkyl halides is 10. The maximum atomic E-state index is 12.3. The molecule has 0 fully saturated rings. The highest BCUT2D eigenvalue weighted by atomic mass is 35.6. The van der Waals surface area contributed by atoms with Crippen LogP contribution in [-0.2, 0) is 19.0 Å². The molecule has 0 bridgehead atoms. The van der Waals surface area contributed by atoms with Crippen LogP contribution in [0.2, 0.25) is 0 Å². The Kier molecular flexibility index (Phi) is 6.72. The molecule has 5 nitrogen and oxygen atoms in total. The SMILES string of the molecule is O=C(O)C(Cl)(OC(OC(F)(F)F)C(F)(F)F)OC(Cl)(Cl)Cl. The second-order valence-corrected chi connectivity index (χ2v) is 5.62. The Morgan fingerprint density at radius 3 is 1.62 bits per heavy atom. The summed E-state index contributed by atoms with van der Waals surface area (Å²) in [6.45, 7) is 0. The van der Waals surface area contributed by atoms with E-state index < -0.39 is 34.0 Å². The van der Waals surface area contributed by atoms with Crippen LogP contribution in [0.15, 0.2) is 0 Å². The van der Waals surface area contributed by atoms with Crippen LogP contribution < -0.4 is 0 Å². The van der Waals surface area contributed by atoms with Crippen LogP contribution in [0.1, 0.15) is 0 Å². The van der Waals surface area contributed by atoms with E-state index in [0.717, 1.165) is 0 Å². The van der Waals surface area contributed by atoms with E-state index in [1.165, 1.54) is 0 Å². The fraction of sp³-hybridized carbons (Fsp3) is 0.833. The summed E-state index contributed by atoms with van der Waals surface area (Å²) in [6, 6.07) is 0. The fourth-order valence-corrected chi connectivity index (χ4v) is 1.32. The monoisotopic (exact) mass is 408 g/mol. The second-order valence-electron chi connectivity index (χ2n) is 2.94. The largest absolute Gasteiger partial charge is 0.525 e. The predicted molar refractivity (Wildman–Crippen MR) is 55.7 cm³/mol. The summed E-state index contributed by atoms with van der Waals surface area (Å²) in [5.74, 6) is -2.53. The molecule has 0 aromatic rings. The number of hydrogen-bond acceptors (Lipinski definition) is 4. The van der Waals surface area contributed by atoms with E-state index in [9.17, 15) is 31.1 Å². The van der Waals surface area contributed by atoms with Crippen LogP contribution >= 0.6 is 46.4 Å². The molecule has 0 heterocycles. The molecular weight excluding hydrogens is 408 g/mol. The molecule has 0 spiro atoms. The number of hydrogen-bond donors (Lipinski definition) is 1. The standard InChI is InChI=1S/C6H2Cl4F6O5/c7-3(1(17)18,21-5(8,9)10)19-2(4(11,12)13)20-6(14,15)16/h2H,(H,17,18). The van der Waals surface area contributed by atoms with Crippen molar-refractivity contribution in [3.8, 4) is 0 Å². The van der Waals surface area contributed by atoms with Gasteiger partial charge in [-0.25, -0.2) is 4.79 Å². The van der Waals surface area contributed by atoms with E-state index >= 15 is 0 Å². The third-order valence-corrected chi connectivity index (χ3v) is 1.83. The zero-order valence-corrected chi connectivity index (χ0v) is 12.0. The molecule has 0 rings (SSSR count). The highest BCUT2D eigenvalue weighted by Gasteiger charge is 2.57. The molecule has 0 aromatic carbocycles. The Balaban J connectivity index is 5.39. The van der Waals surface area contributed by atoms with E-state index in [1.807, 2.05) is 0 Å². The predicted octanol–water partition coefficient (Wildman–Crippen LogP) is 3.75. The van der Waals surface area contributed by atoms with Crippen molar-refractivity contribution < 1.29 is 50.5 Å². The lowest BCUT2D eigenvalue weighted by molar-refractivity contribution is -0.445. The highest BCUT2D eigenvalue weighted by Crippen LogP contribution is 2.40. The lowest BCUT2D eigenvalue weighted by atomic mass is 10.5. The Labute approximate surface area is 131 Å². The first-order valence-electron chi connectivity index (χ1n) is 4.14. The Hall–Kier alpha value is 0.0900. The van der Waals surface area contributed by atoms with Gasteiger partial charge in [-0.15, -0.1) is 13.2 Å². The summed E-state index contributed by atoms with van der Waals surface area (Å²) in [6.07, 6.45) is -15.8. The topological polar surface area (TPSA) is 65.0 Å². The molecule has 0 amide bonds. The van der Waals surface area contributed by atoms with Crippen molar-refractivity contribution in [3.05, 3.63) is 0 Å². The zero-order valence-electron chi connectivity index (χ0n) is 8.94. The highest BCUT2D eigenvalue weighted by molar-refractivity contribution is 6.66. The lowest BCUT2D eigenvalue weighted by Gasteiger charge is -2.31. The summed E-state index contributed by atoms with van der Waals surface area (Å²) in [5, 5.41) is 4.63. The smallest absolute Gasteiger partial charge is 0.476 e. The van der Waals surface area contributed by atoms with Gasteiger partial charge in [0.1, 0.15) is 0 Å². The van der Waals surface area contributed by atoms with Crippen molar-refractivity contribution in [2.45, 2.75) is 28.1 Å². The van der Waals surface area contributed by atoms with Crippen LogP contribution in [0.3, 0.4) is 0 Å². The molecule has 21 heavy (non-hydrogen) atoms. The summed E-state index contributed by atoms with van der Waals surface area (Å²) in [7, 11) is 0. The number of carbonyl (C=O) groups is 1. The third-order valence-electron chi connectivity index (χ3n) is 1.27. The number of aliphatic carboxylic acids is 1. The Bertz CT molecular complexity index is 381. The van der Waals surface area contributed by atoms with Gasteiger partial charge in [0.15, 0.2) is 0 Å². The van der Waals surface area contributed by atoms with E-state index in [4.69, 9.17) is 51.5 Å². The van der Waals surface area contributed by atoms with Gasteiger partial charge in [0.2, 0.25) is 0 Å². The van der Waals surface area contributed by atoms with Crippen molar-refractivity contribution in [2.75, 3.05) is 0 Å². The molecule has 0 saturated carbocycles. The molecule has 1 N–H and O–H groups in total. The zero-order chi connectivity index (χ0) is 17.3. The molecule has 0 aromatic heterocycles. The average molecular weight is 410 g/mol. The van der Waals surface area contributed by atoms with Crippen molar-refractivity contribution >= 4 is 52.4 Å². The summed E-state index contributed by atoms with van der Waals surface area (Å²) < 4.78 is 79.3. The van der Waals surface area contributed by atoms with Crippen molar-refractivity contribution in [1.29, 1.82) is 0 Å². The van der Waals surface area contributed by atoms with E-state index in [-0.39, 0.29) is 0 Å². The van der Waals surface area contributed by atoms with Crippen LogP contribution in [-0.4, -0.2) is 39.1 Å². The molecule has 0 aliphatic carbocycles. The van der Waals surface area contributed by atoms with Gasteiger partial charge in [-0.1, -0.05) is 34.8 Å². The molecule has 2 unspecified atom stereocenters. The quantitative estimate of drug-likeness (QED) is 0.425. The first-order valence-corrected chi connectivity index (χ1v) is 5.66. The number of carboxylic acid groups (broad SMARTS) is 1. The van der Waals surface area contributed by atoms with Crippen LogP contribution in [0.5, 0.6) is 0 Å². The van der Waals surface area contributed by atoms with Crippen molar-refractivity contribution in [1.82, 2.24) is 0 Å². The Morgan fingerprint density at radius 1 is 0.952 bits per heavy atom. The van der Waals surface area contributed by atoms with Gasteiger partial charge in [-0.2, -0.15) is 13.2 Å². The molecule has 0 radical (unpaired) electrons. The molecule has 0 aliphatic heterocycles. The van der Waals surface area contributed by atoms with Crippen LogP contribution in [0.25, 0.3) is 0 Å². The van der Waals surface area contributed by atoms with Gasteiger partial charge in [0, 0.05) is 0 Å². The molecule has 0 saturated heterocycles. The maximum absolute atomic E-state index is 12.3. The van der Waals surface area contributed by atoms with Gasteiger partial charge in [0.25, 0.3) is 6.29 Å². The first kappa shape index (κ1) is 21.1. The normalized spacial score (nSPS) is 18.2. The summed E-state index contributed by atoms with van der Waals surface area (Å²) >= 11 is 19.7. The van der Waals surface area contributed by atoms with Gasteiger partial charge in [-0.05, 0) is 11.6 Å². The minimum absolute atomic E-state index is 2.53. The summed E-state index contributed by atoms with van der Waals surface area (Å²) in [4.78, 5) is 10.7.